The van der Waals surface area contributed by atoms with E-state index in [0.29, 0.717) is 0 Å². The van der Waals surface area contributed by atoms with Crippen molar-refractivity contribution in [3.8, 4) is 0 Å². The quantitative estimate of drug-likeness (QED) is 0.709. The number of aromatic nitrogens is 2. The zero-order valence-electron chi connectivity index (χ0n) is 7.88. The minimum atomic E-state index is -2.90. The molecule has 1 heterocycles. The lowest BCUT2D eigenvalue weighted by Crippen LogP contribution is -2.11. The van der Waals surface area contributed by atoms with Crippen molar-refractivity contribution < 1.29 is 8.78 Å². The summed E-state index contributed by atoms with van der Waals surface area (Å²) in [6.45, 7) is 4.69. The van der Waals surface area contributed by atoms with Crippen molar-refractivity contribution in [3.63, 3.8) is 0 Å². The summed E-state index contributed by atoms with van der Waals surface area (Å²) < 4.78 is 25.4. The zero-order chi connectivity index (χ0) is 10.1. The standard InChI is InChI=1S/C9H12F2N2/c1-6(2)7-4-5-8(13-12-7)9(3,10)11/h4-6H,1-3H3. The average Bonchev–Trinajstić information content (AvgIpc) is 2.03. The molecule has 0 saturated carbocycles. The highest BCUT2D eigenvalue weighted by molar-refractivity contribution is 5.12. The van der Waals surface area contributed by atoms with Gasteiger partial charge in [-0.2, -0.15) is 13.9 Å². The van der Waals surface area contributed by atoms with Crippen LogP contribution < -0.4 is 0 Å². The molecule has 0 unspecified atom stereocenters. The lowest BCUT2D eigenvalue weighted by Gasteiger charge is -2.09. The van der Waals surface area contributed by atoms with E-state index in [2.05, 4.69) is 10.2 Å². The minimum absolute atomic E-state index is 0.215. The molecule has 0 amide bonds. The third kappa shape index (κ3) is 2.44. The molecule has 0 aliphatic carbocycles. The van der Waals surface area contributed by atoms with E-state index in [1.54, 1.807) is 6.07 Å². The predicted molar refractivity (Wildman–Crippen MR) is 45.7 cm³/mol. The van der Waals surface area contributed by atoms with Gasteiger partial charge < -0.3 is 0 Å². The molecule has 0 saturated heterocycles. The first kappa shape index (κ1) is 10.0. The topological polar surface area (TPSA) is 25.8 Å². The van der Waals surface area contributed by atoms with E-state index in [9.17, 15) is 8.78 Å². The molecule has 0 radical (unpaired) electrons. The van der Waals surface area contributed by atoms with Crippen molar-refractivity contribution in [2.75, 3.05) is 0 Å². The summed E-state index contributed by atoms with van der Waals surface area (Å²) in [6, 6.07) is 2.91. The number of nitrogens with zero attached hydrogens (tertiary/aromatic N) is 2. The Kier molecular flexibility index (Phi) is 2.59. The van der Waals surface area contributed by atoms with Gasteiger partial charge in [0.25, 0.3) is 5.92 Å². The highest BCUT2D eigenvalue weighted by Gasteiger charge is 2.26. The molecule has 0 bridgehead atoms. The van der Waals surface area contributed by atoms with Crippen LogP contribution in [0.25, 0.3) is 0 Å². The molecule has 0 fully saturated rings. The molecular formula is C9H12F2N2. The molecule has 1 rings (SSSR count). The van der Waals surface area contributed by atoms with Gasteiger partial charge >= 0.3 is 0 Å². The van der Waals surface area contributed by atoms with Crippen LogP contribution in [-0.4, -0.2) is 10.2 Å². The largest absolute Gasteiger partial charge is 0.288 e. The molecule has 0 aromatic carbocycles. The fraction of sp³-hybridized carbons (Fsp3) is 0.556. The minimum Gasteiger partial charge on any atom is -0.200 e. The molecular weight excluding hydrogens is 174 g/mol. The Bertz CT molecular complexity index is 275. The molecule has 0 N–H and O–H groups in total. The van der Waals surface area contributed by atoms with Gasteiger partial charge in [0.15, 0.2) is 0 Å². The van der Waals surface area contributed by atoms with Crippen LogP contribution in [0.2, 0.25) is 0 Å². The van der Waals surface area contributed by atoms with E-state index >= 15 is 0 Å². The Labute approximate surface area is 76.0 Å². The SMILES string of the molecule is CC(C)c1ccc(C(C)(F)F)nn1. The summed E-state index contributed by atoms with van der Waals surface area (Å²) in [4.78, 5) is 0. The number of hydrogen-bond acceptors (Lipinski definition) is 2. The van der Waals surface area contributed by atoms with Gasteiger partial charge in [-0.25, -0.2) is 0 Å². The number of alkyl halides is 2. The fourth-order valence-corrected chi connectivity index (χ4v) is 0.885. The molecule has 4 heteroatoms. The molecule has 1 aromatic rings. The van der Waals surface area contributed by atoms with Crippen LogP contribution in [0.15, 0.2) is 12.1 Å². The van der Waals surface area contributed by atoms with Gasteiger partial charge in [-0.3, -0.25) is 0 Å². The third-order valence-corrected chi connectivity index (χ3v) is 1.73. The van der Waals surface area contributed by atoms with Crippen LogP contribution in [0.3, 0.4) is 0 Å². The summed E-state index contributed by atoms with van der Waals surface area (Å²) in [5, 5.41) is 7.19. The van der Waals surface area contributed by atoms with Gasteiger partial charge in [0, 0.05) is 6.92 Å². The van der Waals surface area contributed by atoms with Crippen LogP contribution in [0.5, 0.6) is 0 Å². The number of hydrogen-bond donors (Lipinski definition) is 0. The predicted octanol–water partition coefficient (Wildman–Crippen LogP) is 2.71. The van der Waals surface area contributed by atoms with Crippen LogP contribution >= 0.6 is 0 Å². The smallest absolute Gasteiger partial charge is 0.200 e. The van der Waals surface area contributed by atoms with E-state index in [0.717, 1.165) is 12.6 Å². The molecule has 72 valence electrons. The zero-order valence-corrected chi connectivity index (χ0v) is 7.88. The highest BCUT2D eigenvalue weighted by Crippen LogP contribution is 2.24. The first-order chi connectivity index (χ1) is 5.91. The molecule has 0 atom stereocenters. The Morgan fingerprint density at radius 1 is 1.23 bits per heavy atom. The van der Waals surface area contributed by atoms with Gasteiger partial charge in [-0.15, -0.1) is 5.10 Å². The van der Waals surface area contributed by atoms with Crippen molar-refractivity contribution in [1.29, 1.82) is 0 Å². The molecule has 0 aliphatic heterocycles. The van der Waals surface area contributed by atoms with Crippen LogP contribution in [0, 0.1) is 0 Å². The van der Waals surface area contributed by atoms with Crippen molar-refractivity contribution in [3.05, 3.63) is 23.5 Å². The summed E-state index contributed by atoms with van der Waals surface area (Å²) in [7, 11) is 0. The maximum Gasteiger partial charge on any atom is 0.288 e. The number of rotatable bonds is 2. The third-order valence-electron chi connectivity index (χ3n) is 1.73. The Morgan fingerprint density at radius 2 is 1.85 bits per heavy atom. The maximum atomic E-state index is 12.7. The summed E-state index contributed by atoms with van der Waals surface area (Å²) in [5.41, 5.74) is 0.449. The summed E-state index contributed by atoms with van der Waals surface area (Å²) in [6.07, 6.45) is 0. The highest BCUT2D eigenvalue weighted by atomic mass is 19.3. The maximum absolute atomic E-state index is 12.7. The second kappa shape index (κ2) is 3.36. The van der Waals surface area contributed by atoms with E-state index in [-0.39, 0.29) is 11.6 Å². The van der Waals surface area contributed by atoms with Crippen LogP contribution in [-0.2, 0) is 5.92 Å². The van der Waals surface area contributed by atoms with Gasteiger partial charge in [0.05, 0.1) is 5.69 Å². The lowest BCUT2D eigenvalue weighted by atomic mass is 10.1. The van der Waals surface area contributed by atoms with Gasteiger partial charge in [0.1, 0.15) is 5.69 Å². The molecule has 1 aromatic heterocycles. The lowest BCUT2D eigenvalue weighted by molar-refractivity contribution is 0.0117. The van der Waals surface area contributed by atoms with E-state index in [4.69, 9.17) is 0 Å². The van der Waals surface area contributed by atoms with Crippen molar-refractivity contribution in [2.24, 2.45) is 0 Å². The summed E-state index contributed by atoms with van der Waals surface area (Å²) in [5.74, 6) is -2.69. The van der Waals surface area contributed by atoms with E-state index in [1.165, 1.54) is 6.07 Å². The Balaban J connectivity index is 2.94. The molecule has 0 spiro atoms. The van der Waals surface area contributed by atoms with Crippen molar-refractivity contribution in [2.45, 2.75) is 32.6 Å². The first-order valence-electron chi connectivity index (χ1n) is 4.13. The van der Waals surface area contributed by atoms with Gasteiger partial charge in [0.2, 0.25) is 0 Å². The Hall–Kier alpha value is -1.06. The average molecular weight is 186 g/mol. The summed E-state index contributed by atoms with van der Waals surface area (Å²) >= 11 is 0. The van der Waals surface area contributed by atoms with E-state index < -0.39 is 5.92 Å². The van der Waals surface area contributed by atoms with Crippen LogP contribution in [0.1, 0.15) is 38.1 Å². The fourth-order valence-electron chi connectivity index (χ4n) is 0.885. The number of halogens is 2. The normalized spacial score (nSPS) is 12.2. The molecule has 0 aliphatic rings. The van der Waals surface area contributed by atoms with Gasteiger partial charge in [-0.05, 0) is 18.1 Å². The first-order valence-corrected chi connectivity index (χ1v) is 4.13. The monoisotopic (exact) mass is 186 g/mol. The van der Waals surface area contributed by atoms with Crippen LogP contribution in [0.4, 0.5) is 8.78 Å². The van der Waals surface area contributed by atoms with Crippen molar-refractivity contribution in [1.82, 2.24) is 10.2 Å². The molecule has 13 heavy (non-hydrogen) atoms. The van der Waals surface area contributed by atoms with Crippen molar-refractivity contribution >= 4 is 0 Å². The molecule has 2 nitrogen and oxygen atoms in total. The van der Waals surface area contributed by atoms with E-state index in [1.807, 2.05) is 13.8 Å². The Morgan fingerprint density at radius 3 is 2.15 bits per heavy atom. The second-order valence-corrected chi connectivity index (χ2v) is 3.39. The second-order valence-electron chi connectivity index (χ2n) is 3.39. The van der Waals surface area contributed by atoms with Gasteiger partial charge in [-0.1, -0.05) is 13.8 Å².